The Morgan fingerprint density at radius 3 is 2.40 bits per heavy atom. The van der Waals surface area contributed by atoms with Crippen LogP contribution >= 0.6 is 0 Å². The van der Waals surface area contributed by atoms with Crippen molar-refractivity contribution < 1.29 is 59.5 Å². The van der Waals surface area contributed by atoms with Crippen molar-refractivity contribution in [3.8, 4) is 46.0 Å². The number of hydrogen-bond acceptors (Lipinski definition) is 12. The second-order valence-electron chi connectivity index (χ2n) is 11.4. The van der Waals surface area contributed by atoms with Crippen LogP contribution in [0.25, 0.3) is 5.57 Å². The number of aromatic hydroxyl groups is 5. The number of ether oxygens (including phenoxy) is 4. The quantitative estimate of drug-likeness (QED) is 0.208. The number of aliphatic hydroxyl groups is 2. The zero-order chi connectivity index (χ0) is 29.3. The Bertz CT molecular complexity index is 1760. The van der Waals surface area contributed by atoms with Crippen molar-refractivity contribution in [2.24, 2.45) is 0 Å². The lowest BCUT2D eigenvalue weighted by Crippen LogP contribution is -2.70. The minimum Gasteiger partial charge on any atom is -0.508 e. The highest BCUT2D eigenvalue weighted by Gasteiger charge is 2.69. The molecule has 4 aliphatic heterocycles. The van der Waals surface area contributed by atoms with Gasteiger partial charge in [0.05, 0.1) is 18.1 Å². The second kappa shape index (κ2) is 8.00. The molecule has 5 aliphatic rings. The van der Waals surface area contributed by atoms with Gasteiger partial charge >= 0.3 is 0 Å². The topological polar surface area (TPSA) is 196 Å². The summed E-state index contributed by atoms with van der Waals surface area (Å²) in [6.07, 6.45) is -3.23. The molecule has 1 fully saturated rings. The molecule has 0 aromatic heterocycles. The van der Waals surface area contributed by atoms with E-state index in [9.17, 15) is 40.5 Å². The van der Waals surface area contributed by atoms with Crippen molar-refractivity contribution >= 4 is 11.4 Å². The molecule has 1 aliphatic carbocycles. The zero-order valence-electron chi connectivity index (χ0n) is 21.6. The molecule has 0 radical (unpaired) electrons. The molecule has 0 saturated carbocycles. The van der Waals surface area contributed by atoms with E-state index in [-0.39, 0.29) is 65.1 Å². The molecule has 7 N–H and O–H groups in total. The van der Waals surface area contributed by atoms with Crippen LogP contribution in [-0.2, 0) is 22.4 Å². The SMILES string of the molecule is O=C1C=C2c3c(cc(O)c4c3O[C@H](c3ccc(O)c(O)c3)[C@@H](O)C4)OC23CC1(O)O[C@H]1Cc2c(O)cc(O)cc2O[C@@H]13. The minimum absolute atomic E-state index is 0.0366. The molecule has 2 unspecified atom stereocenters. The Balaban J connectivity index is 1.28. The largest absolute Gasteiger partial charge is 0.508 e. The molecule has 1 saturated heterocycles. The van der Waals surface area contributed by atoms with E-state index in [2.05, 4.69) is 0 Å². The Morgan fingerprint density at radius 2 is 1.62 bits per heavy atom. The highest BCUT2D eigenvalue weighted by Crippen LogP contribution is 2.62. The fraction of sp³-hybridized carbons (Fsp3) is 0.300. The van der Waals surface area contributed by atoms with Gasteiger partial charge in [-0.25, -0.2) is 0 Å². The van der Waals surface area contributed by atoms with Gasteiger partial charge in [0.15, 0.2) is 23.2 Å². The summed E-state index contributed by atoms with van der Waals surface area (Å²) in [6.45, 7) is 0. The molecule has 42 heavy (non-hydrogen) atoms. The van der Waals surface area contributed by atoms with Crippen LogP contribution < -0.4 is 14.2 Å². The van der Waals surface area contributed by atoms with Crippen LogP contribution in [0.3, 0.4) is 0 Å². The molecule has 1 spiro atoms. The molecule has 4 heterocycles. The van der Waals surface area contributed by atoms with E-state index >= 15 is 0 Å². The Morgan fingerprint density at radius 1 is 0.833 bits per heavy atom. The number of ketones is 1. The van der Waals surface area contributed by atoms with Gasteiger partial charge in [0.1, 0.15) is 46.7 Å². The standard InChI is InChI=1S/C30H24O12/c31-12-4-17(33)13-7-23-28(39-21(13)5-12)29-10-30(38,42-23)24(37)8-15(29)25-22(41-29)9-18(34)14-6-20(36)26(40-27(14)25)11-1-2-16(32)19(35)3-11/h1-5,8-9,20,23,26,28,31-36,38H,6-7,10H2/t20-,23-,26+,28-,29?,30?/m0/s1. The van der Waals surface area contributed by atoms with Crippen LogP contribution in [0.4, 0.5) is 0 Å². The Hall–Kier alpha value is -4.65. The van der Waals surface area contributed by atoms with Gasteiger partial charge in [0.25, 0.3) is 0 Å². The lowest BCUT2D eigenvalue weighted by atomic mass is 9.69. The maximum atomic E-state index is 13.3. The molecule has 12 heteroatoms. The normalized spacial score (nSPS) is 31.7. The number of rotatable bonds is 1. The molecule has 2 bridgehead atoms. The zero-order valence-corrected chi connectivity index (χ0v) is 21.6. The lowest BCUT2D eigenvalue weighted by molar-refractivity contribution is -0.290. The van der Waals surface area contributed by atoms with Gasteiger partial charge in [-0.1, -0.05) is 6.07 Å². The first-order chi connectivity index (χ1) is 20.0. The van der Waals surface area contributed by atoms with Gasteiger partial charge in [-0.3, -0.25) is 4.79 Å². The number of carbonyl (C=O) groups excluding carboxylic acids is 1. The molecule has 216 valence electrons. The summed E-state index contributed by atoms with van der Waals surface area (Å²) in [4.78, 5) is 13.3. The molecule has 8 rings (SSSR count). The predicted octanol–water partition coefficient (Wildman–Crippen LogP) is 1.83. The highest BCUT2D eigenvalue weighted by molar-refractivity contribution is 6.08. The minimum atomic E-state index is -2.26. The van der Waals surface area contributed by atoms with Crippen LogP contribution in [0.5, 0.6) is 46.0 Å². The summed E-state index contributed by atoms with van der Waals surface area (Å²) in [5, 5.41) is 73.6. The van der Waals surface area contributed by atoms with Crippen LogP contribution in [0.15, 0.2) is 42.5 Å². The summed E-state index contributed by atoms with van der Waals surface area (Å²) >= 11 is 0. The predicted molar refractivity (Wildman–Crippen MR) is 140 cm³/mol. The van der Waals surface area contributed by atoms with Gasteiger partial charge in [0.2, 0.25) is 11.6 Å². The van der Waals surface area contributed by atoms with Crippen molar-refractivity contribution in [2.45, 2.75) is 55.1 Å². The third-order valence-electron chi connectivity index (χ3n) is 8.81. The first kappa shape index (κ1) is 25.1. The number of phenolic OH excluding ortho intramolecular Hbond substituents is 5. The van der Waals surface area contributed by atoms with Gasteiger partial charge in [-0.05, 0) is 23.8 Å². The van der Waals surface area contributed by atoms with Crippen molar-refractivity contribution in [2.75, 3.05) is 0 Å². The van der Waals surface area contributed by atoms with E-state index in [0.717, 1.165) is 6.07 Å². The summed E-state index contributed by atoms with van der Waals surface area (Å²) in [5.41, 5.74) is 0.0962. The number of benzene rings is 3. The van der Waals surface area contributed by atoms with Crippen molar-refractivity contribution in [3.05, 3.63) is 64.7 Å². The average Bonchev–Trinajstić information content (AvgIpc) is 3.22. The summed E-state index contributed by atoms with van der Waals surface area (Å²) in [7, 11) is 0. The highest BCUT2D eigenvalue weighted by atomic mass is 16.7. The van der Waals surface area contributed by atoms with Gasteiger partial charge in [-0.2, -0.15) is 0 Å². The third kappa shape index (κ3) is 3.19. The first-order valence-electron chi connectivity index (χ1n) is 13.3. The smallest absolute Gasteiger partial charge is 0.235 e. The average molecular weight is 577 g/mol. The van der Waals surface area contributed by atoms with E-state index in [1.807, 2.05) is 0 Å². The van der Waals surface area contributed by atoms with E-state index in [1.165, 1.54) is 36.4 Å². The maximum absolute atomic E-state index is 13.3. The van der Waals surface area contributed by atoms with Crippen LogP contribution in [0.1, 0.15) is 34.8 Å². The van der Waals surface area contributed by atoms with Crippen molar-refractivity contribution in [1.82, 2.24) is 0 Å². The fourth-order valence-electron chi connectivity index (χ4n) is 6.94. The molecule has 6 atom stereocenters. The summed E-state index contributed by atoms with van der Waals surface area (Å²) < 4.78 is 24.9. The number of aliphatic hydroxyl groups excluding tert-OH is 1. The number of carbonyl (C=O) groups is 1. The maximum Gasteiger partial charge on any atom is 0.235 e. The Kier molecular flexibility index (Phi) is 4.78. The van der Waals surface area contributed by atoms with Crippen molar-refractivity contribution in [1.29, 1.82) is 0 Å². The third-order valence-corrected chi connectivity index (χ3v) is 8.81. The monoisotopic (exact) mass is 576 g/mol. The van der Waals surface area contributed by atoms with Gasteiger partial charge in [-0.15, -0.1) is 0 Å². The van der Waals surface area contributed by atoms with E-state index in [4.69, 9.17) is 18.9 Å². The first-order valence-corrected chi connectivity index (χ1v) is 13.3. The van der Waals surface area contributed by atoms with Crippen LogP contribution in [0, 0.1) is 0 Å². The molecule has 0 amide bonds. The van der Waals surface area contributed by atoms with E-state index < -0.39 is 47.3 Å². The summed E-state index contributed by atoms with van der Waals surface area (Å²) in [6, 6.07) is 7.87. The Labute approximate surface area is 236 Å². The number of hydrogen-bond donors (Lipinski definition) is 7. The molecule has 3 aromatic rings. The van der Waals surface area contributed by atoms with E-state index in [1.54, 1.807) is 0 Å². The van der Waals surface area contributed by atoms with Gasteiger partial charge in [0, 0.05) is 47.7 Å². The van der Waals surface area contributed by atoms with Crippen LogP contribution in [-0.4, -0.2) is 71.2 Å². The summed E-state index contributed by atoms with van der Waals surface area (Å²) in [5.74, 6) is -3.95. The number of fused-ring (bicyclic) bond motifs is 7. The second-order valence-corrected chi connectivity index (χ2v) is 11.4. The van der Waals surface area contributed by atoms with E-state index in [0.29, 0.717) is 22.3 Å². The number of phenols is 5. The lowest BCUT2D eigenvalue weighted by Gasteiger charge is -2.53. The fourth-order valence-corrected chi connectivity index (χ4v) is 6.94. The molecular formula is C30H24O12. The molecule has 3 aromatic carbocycles. The molecular weight excluding hydrogens is 552 g/mol. The van der Waals surface area contributed by atoms with Crippen LogP contribution in [0.2, 0.25) is 0 Å². The van der Waals surface area contributed by atoms with Crippen molar-refractivity contribution in [3.63, 3.8) is 0 Å². The molecule has 12 nitrogen and oxygen atoms in total. The van der Waals surface area contributed by atoms with Gasteiger partial charge < -0.3 is 54.7 Å².